The van der Waals surface area contributed by atoms with Gasteiger partial charge in [-0.05, 0) is 12.0 Å². The number of hydrogen-bond donors (Lipinski definition) is 3. The van der Waals surface area contributed by atoms with E-state index in [-0.39, 0.29) is 6.54 Å². The van der Waals surface area contributed by atoms with Gasteiger partial charge in [-0.15, -0.1) is 0 Å². The van der Waals surface area contributed by atoms with E-state index in [1.165, 1.54) is 12.4 Å². The molecular weight excluding hydrogens is 321 g/mol. The summed E-state index contributed by atoms with van der Waals surface area (Å²) in [7, 11) is 0. The van der Waals surface area contributed by atoms with E-state index in [1.54, 1.807) is 0 Å². The highest BCUT2D eigenvalue weighted by Gasteiger charge is 2.28. The van der Waals surface area contributed by atoms with Crippen LogP contribution in [0.15, 0.2) is 42.7 Å². The molecule has 0 aliphatic carbocycles. The van der Waals surface area contributed by atoms with Crippen LogP contribution in [0.4, 0.5) is 13.2 Å². The van der Waals surface area contributed by atoms with Crippen molar-refractivity contribution in [2.75, 3.05) is 6.54 Å². The van der Waals surface area contributed by atoms with Crippen LogP contribution in [0.25, 0.3) is 0 Å². The number of alkyl halides is 3. The third-order valence-corrected chi connectivity index (χ3v) is 3.52. The Labute approximate surface area is 138 Å². The standard InChI is InChI=1S/C16H21F3N4O/c17-16(18,19)11-23-10-13(8-22-23)7-21-9-15(24)14(20)6-12-4-2-1-3-5-12/h1-5,8,10,14-15,21,24H,6-7,9,11,20H2/t14-,15+/m0/s1. The number of aliphatic hydroxyl groups excluding tert-OH is 1. The maximum atomic E-state index is 12.3. The van der Waals surface area contributed by atoms with E-state index in [0.29, 0.717) is 18.5 Å². The van der Waals surface area contributed by atoms with Crippen molar-refractivity contribution in [1.29, 1.82) is 0 Å². The van der Waals surface area contributed by atoms with Gasteiger partial charge < -0.3 is 16.2 Å². The van der Waals surface area contributed by atoms with Gasteiger partial charge in [-0.1, -0.05) is 30.3 Å². The number of hydrogen-bond acceptors (Lipinski definition) is 4. The molecule has 1 aromatic carbocycles. The van der Waals surface area contributed by atoms with Gasteiger partial charge in [0.15, 0.2) is 0 Å². The molecule has 0 amide bonds. The smallest absolute Gasteiger partial charge is 0.390 e. The lowest BCUT2D eigenvalue weighted by Crippen LogP contribution is -2.42. The largest absolute Gasteiger partial charge is 0.408 e. The molecule has 2 atom stereocenters. The minimum atomic E-state index is -4.29. The lowest BCUT2D eigenvalue weighted by atomic mass is 10.0. The van der Waals surface area contributed by atoms with Crippen LogP contribution in [0.1, 0.15) is 11.1 Å². The first-order chi connectivity index (χ1) is 11.3. The Balaban J connectivity index is 1.73. The Bertz CT molecular complexity index is 615. The molecule has 2 aromatic rings. The van der Waals surface area contributed by atoms with E-state index < -0.39 is 24.9 Å². The molecule has 0 aliphatic rings. The average molecular weight is 342 g/mol. The van der Waals surface area contributed by atoms with Crippen LogP contribution in [-0.4, -0.2) is 39.8 Å². The first-order valence-corrected chi connectivity index (χ1v) is 7.60. The number of nitrogens with two attached hydrogens (primary N) is 1. The number of rotatable bonds is 8. The Kier molecular flexibility index (Phi) is 6.36. The quantitative estimate of drug-likeness (QED) is 0.679. The van der Waals surface area contributed by atoms with Crippen LogP contribution in [-0.2, 0) is 19.5 Å². The second-order valence-electron chi connectivity index (χ2n) is 5.71. The molecule has 1 aromatic heterocycles. The van der Waals surface area contributed by atoms with Crippen molar-refractivity contribution in [1.82, 2.24) is 15.1 Å². The molecule has 0 bridgehead atoms. The van der Waals surface area contributed by atoms with Gasteiger partial charge in [0, 0.05) is 30.9 Å². The monoisotopic (exact) mass is 342 g/mol. The Hall–Kier alpha value is -1.90. The Morgan fingerprint density at radius 3 is 2.58 bits per heavy atom. The van der Waals surface area contributed by atoms with Crippen molar-refractivity contribution in [2.24, 2.45) is 5.73 Å². The van der Waals surface area contributed by atoms with Gasteiger partial charge in [0.05, 0.1) is 12.3 Å². The number of nitrogens with zero attached hydrogens (tertiary/aromatic N) is 2. The van der Waals surface area contributed by atoms with Crippen molar-refractivity contribution in [3.8, 4) is 0 Å². The number of aliphatic hydroxyl groups is 1. The fraction of sp³-hybridized carbons (Fsp3) is 0.438. The number of halogens is 3. The maximum absolute atomic E-state index is 12.3. The van der Waals surface area contributed by atoms with Crippen molar-refractivity contribution >= 4 is 0 Å². The Morgan fingerprint density at radius 1 is 1.21 bits per heavy atom. The summed E-state index contributed by atoms with van der Waals surface area (Å²) in [5, 5.41) is 16.7. The minimum absolute atomic E-state index is 0.248. The van der Waals surface area contributed by atoms with E-state index in [1.807, 2.05) is 30.3 Å². The number of nitrogens with one attached hydrogen (secondary N) is 1. The average Bonchev–Trinajstić information content (AvgIpc) is 2.93. The van der Waals surface area contributed by atoms with E-state index in [4.69, 9.17) is 5.73 Å². The Morgan fingerprint density at radius 2 is 1.92 bits per heavy atom. The zero-order valence-corrected chi connectivity index (χ0v) is 13.1. The minimum Gasteiger partial charge on any atom is -0.390 e. The molecule has 0 aliphatic heterocycles. The van der Waals surface area contributed by atoms with E-state index in [0.717, 1.165) is 10.2 Å². The molecular formula is C16H21F3N4O. The second kappa shape index (κ2) is 8.27. The first-order valence-electron chi connectivity index (χ1n) is 7.60. The summed E-state index contributed by atoms with van der Waals surface area (Å²) >= 11 is 0. The zero-order valence-electron chi connectivity index (χ0n) is 13.1. The summed E-state index contributed by atoms with van der Waals surface area (Å²) in [4.78, 5) is 0. The van der Waals surface area contributed by atoms with Gasteiger partial charge in [-0.2, -0.15) is 18.3 Å². The topological polar surface area (TPSA) is 76.1 Å². The normalized spacial score (nSPS) is 14.5. The second-order valence-corrected chi connectivity index (χ2v) is 5.71. The summed E-state index contributed by atoms with van der Waals surface area (Å²) in [6.07, 6.45) is -1.80. The highest BCUT2D eigenvalue weighted by atomic mass is 19.4. The molecule has 0 saturated carbocycles. The molecule has 1 heterocycles. The molecule has 0 radical (unpaired) electrons. The molecule has 0 saturated heterocycles. The summed E-state index contributed by atoms with van der Waals surface area (Å²) in [6, 6.07) is 9.18. The highest BCUT2D eigenvalue weighted by Crippen LogP contribution is 2.17. The van der Waals surface area contributed by atoms with Crippen LogP contribution in [0, 0.1) is 0 Å². The molecule has 0 unspecified atom stereocenters. The third-order valence-electron chi connectivity index (χ3n) is 3.52. The van der Waals surface area contributed by atoms with Crippen LogP contribution in [0.5, 0.6) is 0 Å². The van der Waals surface area contributed by atoms with Crippen LogP contribution in [0.2, 0.25) is 0 Å². The van der Waals surface area contributed by atoms with E-state index >= 15 is 0 Å². The SMILES string of the molecule is N[C@@H](Cc1ccccc1)[C@H](O)CNCc1cnn(CC(F)(F)F)c1. The van der Waals surface area contributed by atoms with Crippen LogP contribution in [0.3, 0.4) is 0 Å². The van der Waals surface area contributed by atoms with Gasteiger partial charge in [0.25, 0.3) is 0 Å². The predicted octanol–water partition coefficient (Wildman–Crippen LogP) is 1.47. The lowest BCUT2D eigenvalue weighted by Gasteiger charge is -2.19. The van der Waals surface area contributed by atoms with Crippen molar-refractivity contribution in [3.63, 3.8) is 0 Å². The molecule has 2 rings (SSSR count). The number of benzene rings is 1. The van der Waals surface area contributed by atoms with E-state index in [9.17, 15) is 18.3 Å². The van der Waals surface area contributed by atoms with Crippen LogP contribution < -0.4 is 11.1 Å². The maximum Gasteiger partial charge on any atom is 0.408 e. The summed E-state index contributed by atoms with van der Waals surface area (Å²) in [5.41, 5.74) is 7.62. The molecule has 132 valence electrons. The van der Waals surface area contributed by atoms with Crippen molar-refractivity contribution in [2.45, 2.75) is 37.8 Å². The predicted molar refractivity (Wildman–Crippen MR) is 84.1 cm³/mol. The van der Waals surface area contributed by atoms with Crippen molar-refractivity contribution in [3.05, 3.63) is 53.9 Å². The molecule has 24 heavy (non-hydrogen) atoms. The molecule has 4 N–H and O–H groups in total. The van der Waals surface area contributed by atoms with E-state index in [2.05, 4.69) is 10.4 Å². The van der Waals surface area contributed by atoms with Gasteiger partial charge in [0.1, 0.15) is 6.54 Å². The first kappa shape index (κ1) is 18.4. The molecule has 5 nitrogen and oxygen atoms in total. The van der Waals surface area contributed by atoms with Gasteiger partial charge in [-0.3, -0.25) is 4.68 Å². The summed E-state index contributed by atoms with van der Waals surface area (Å²) < 4.78 is 37.6. The van der Waals surface area contributed by atoms with Gasteiger partial charge in [-0.25, -0.2) is 0 Å². The molecule has 0 spiro atoms. The summed E-state index contributed by atoms with van der Waals surface area (Å²) in [5.74, 6) is 0. The number of aromatic nitrogens is 2. The molecule has 0 fully saturated rings. The fourth-order valence-corrected chi connectivity index (χ4v) is 2.31. The summed E-state index contributed by atoms with van der Waals surface area (Å²) in [6.45, 7) is -0.553. The third kappa shape index (κ3) is 6.31. The highest BCUT2D eigenvalue weighted by molar-refractivity contribution is 5.16. The lowest BCUT2D eigenvalue weighted by molar-refractivity contribution is -0.142. The van der Waals surface area contributed by atoms with Gasteiger partial charge in [0.2, 0.25) is 0 Å². The molecule has 8 heteroatoms. The van der Waals surface area contributed by atoms with Crippen LogP contribution >= 0.6 is 0 Å². The fourth-order valence-electron chi connectivity index (χ4n) is 2.31. The van der Waals surface area contributed by atoms with Gasteiger partial charge >= 0.3 is 6.18 Å². The van der Waals surface area contributed by atoms with Crippen molar-refractivity contribution < 1.29 is 18.3 Å². The zero-order chi connectivity index (χ0) is 17.6.